The summed E-state index contributed by atoms with van der Waals surface area (Å²) in [5.41, 5.74) is 6.58. The number of rotatable bonds is 4. The van der Waals surface area contributed by atoms with Crippen LogP contribution in [0.25, 0.3) is 0 Å². The van der Waals surface area contributed by atoms with Crippen LogP contribution in [0.3, 0.4) is 0 Å². The molecule has 0 aliphatic rings. The van der Waals surface area contributed by atoms with Crippen molar-refractivity contribution in [2.45, 2.75) is 4.90 Å². The number of thiocarbonyl (C=S) groups is 1. The maximum atomic E-state index is 12.0. The summed E-state index contributed by atoms with van der Waals surface area (Å²) < 4.78 is 27.9. The first-order valence-corrected chi connectivity index (χ1v) is 7.19. The van der Waals surface area contributed by atoms with Crippen molar-refractivity contribution in [1.82, 2.24) is 9.78 Å². The smallest absolute Gasteiger partial charge is 0.265 e. The number of nitrogens with zero attached hydrogens (tertiary/aromatic N) is 2. The molecule has 0 fully saturated rings. The Morgan fingerprint density at radius 2 is 2.00 bits per heavy atom. The van der Waals surface area contributed by atoms with Gasteiger partial charge in [0.25, 0.3) is 10.0 Å². The summed E-state index contributed by atoms with van der Waals surface area (Å²) in [6.45, 7) is 0. The number of sulfonamides is 1. The third-order valence-corrected chi connectivity index (χ3v) is 3.98. The van der Waals surface area contributed by atoms with Crippen LogP contribution in [0.15, 0.2) is 41.6 Å². The summed E-state index contributed by atoms with van der Waals surface area (Å²) in [7, 11) is -1.97. The molecular formula is C11H12N4O2S2. The van der Waals surface area contributed by atoms with Gasteiger partial charge in [0.2, 0.25) is 0 Å². The first kappa shape index (κ1) is 13.5. The van der Waals surface area contributed by atoms with Gasteiger partial charge in [0.05, 0.1) is 6.20 Å². The van der Waals surface area contributed by atoms with Crippen molar-refractivity contribution < 1.29 is 8.42 Å². The lowest BCUT2D eigenvalue weighted by Crippen LogP contribution is -2.13. The average Bonchev–Trinajstić information content (AvgIpc) is 2.77. The van der Waals surface area contributed by atoms with Crippen LogP contribution in [-0.4, -0.2) is 23.2 Å². The molecule has 0 saturated heterocycles. The number of nitrogens with two attached hydrogens (primary N) is 1. The zero-order valence-electron chi connectivity index (χ0n) is 10.1. The minimum Gasteiger partial charge on any atom is -0.389 e. The molecule has 19 heavy (non-hydrogen) atoms. The molecule has 1 heterocycles. The molecule has 100 valence electrons. The van der Waals surface area contributed by atoms with Crippen LogP contribution in [0.2, 0.25) is 0 Å². The second-order valence-corrected chi connectivity index (χ2v) is 6.02. The zero-order chi connectivity index (χ0) is 14.0. The van der Waals surface area contributed by atoms with Gasteiger partial charge >= 0.3 is 0 Å². The number of aromatic nitrogens is 2. The van der Waals surface area contributed by atoms with Gasteiger partial charge in [-0.15, -0.1) is 0 Å². The Hall–Kier alpha value is -1.93. The van der Waals surface area contributed by atoms with Crippen molar-refractivity contribution in [3.8, 4) is 0 Å². The Morgan fingerprint density at radius 1 is 1.37 bits per heavy atom. The Morgan fingerprint density at radius 3 is 2.47 bits per heavy atom. The first-order valence-electron chi connectivity index (χ1n) is 5.30. The molecule has 0 unspecified atom stereocenters. The van der Waals surface area contributed by atoms with Crippen molar-refractivity contribution in [2.24, 2.45) is 12.8 Å². The molecule has 0 saturated carbocycles. The number of hydrogen-bond donors (Lipinski definition) is 2. The van der Waals surface area contributed by atoms with Gasteiger partial charge < -0.3 is 5.73 Å². The molecule has 0 radical (unpaired) electrons. The fourth-order valence-corrected chi connectivity index (χ4v) is 2.63. The quantitative estimate of drug-likeness (QED) is 0.817. The Kier molecular flexibility index (Phi) is 3.54. The molecule has 2 rings (SSSR count). The molecular weight excluding hydrogens is 284 g/mol. The summed E-state index contributed by atoms with van der Waals surface area (Å²) >= 11 is 4.82. The van der Waals surface area contributed by atoms with Crippen LogP contribution in [0, 0.1) is 0 Å². The fraction of sp³-hybridized carbons (Fsp3) is 0.0909. The minimum atomic E-state index is -3.62. The Bertz CT molecular complexity index is 705. The van der Waals surface area contributed by atoms with E-state index in [1.54, 1.807) is 31.3 Å². The highest BCUT2D eigenvalue weighted by Gasteiger charge is 2.15. The van der Waals surface area contributed by atoms with Crippen LogP contribution < -0.4 is 10.5 Å². The van der Waals surface area contributed by atoms with E-state index in [-0.39, 0.29) is 9.88 Å². The van der Waals surface area contributed by atoms with Crippen LogP contribution in [0.1, 0.15) is 5.56 Å². The van der Waals surface area contributed by atoms with Crippen molar-refractivity contribution in [3.05, 3.63) is 42.2 Å². The highest BCUT2D eigenvalue weighted by Crippen LogP contribution is 2.15. The lowest BCUT2D eigenvalue weighted by molar-refractivity contribution is 0.601. The zero-order valence-corrected chi connectivity index (χ0v) is 11.7. The summed E-state index contributed by atoms with van der Waals surface area (Å²) in [5.74, 6) is 0. The van der Waals surface area contributed by atoms with Gasteiger partial charge in [0.15, 0.2) is 0 Å². The predicted octanol–water partition coefficient (Wildman–Crippen LogP) is 0.855. The van der Waals surface area contributed by atoms with Crippen LogP contribution in [-0.2, 0) is 17.1 Å². The van der Waals surface area contributed by atoms with E-state index in [1.807, 2.05) is 0 Å². The van der Waals surface area contributed by atoms with Crippen molar-refractivity contribution >= 4 is 32.9 Å². The van der Waals surface area contributed by atoms with Crippen molar-refractivity contribution in [1.29, 1.82) is 0 Å². The van der Waals surface area contributed by atoms with E-state index in [9.17, 15) is 8.42 Å². The third kappa shape index (κ3) is 3.09. The van der Waals surface area contributed by atoms with E-state index in [2.05, 4.69) is 9.82 Å². The molecule has 1 aromatic carbocycles. The molecule has 2 aromatic rings. The molecule has 0 atom stereocenters. The molecule has 3 N–H and O–H groups in total. The van der Waals surface area contributed by atoms with Gasteiger partial charge in [0.1, 0.15) is 9.88 Å². The Labute approximate surface area is 116 Å². The van der Waals surface area contributed by atoms with Gasteiger partial charge in [0, 0.05) is 24.5 Å². The molecule has 8 heteroatoms. The lowest BCUT2D eigenvalue weighted by Gasteiger charge is -2.06. The second kappa shape index (κ2) is 4.98. The van der Waals surface area contributed by atoms with Gasteiger partial charge in [-0.1, -0.05) is 12.2 Å². The number of hydrogen-bond acceptors (Lipinski definition) is 4. The number of anilines is 1. The molecule has 0 amide bonds. The SMILES string of the molecule is Cn1cc(S(=O)(=O)Nc2ccc(C(N)=S)cc2)cn1. The van der Waals surface area contributed by atoms with E-state index in [1.165, 1.54) is 17.1 Å². The monoisotopic (exact) mass is 296 g/mol. The molecule has 0 spiro atoms. The fourth-order valence-electron chi connectivity index (χ4n) is 1.45. The maximum absolute atomic E-state index is 12.0. The number of nitrogens with one attached hydrogen (secondary N) is 1. The largest absolute Gasteiger partial charge is 0.389 e. The van der Waals surface area contributed by atoms with Crippen molar-refractivity contribution in [2.75, 3.05) is 4.72 Å². The average molecular weight is 296 g/mol. The number of aryl methyl sites for hydroxylation is 1. The number of benzene rings is 1. The predicted molar refractivity (Wildman–Crippen MR) is 76.3 cm³/mol. The van der Waals surface area contributed by atoms with Crippen LogP contribution in [0.4, 0.5) is 5.69 Å². The molecule has 1 aromatic heterocycles. The van der Waals surface area contributed by atoms with E-state index in [4.69, 9.17) is 18.0 Å². The van der Waals surface area contributed by atoms with E-state index >= 15 is 0 Å². The summed E-state index contributed by atoms with van der Waals surface area (Å²) in [6, 6.07) is 6.51. The molecule has 6 nitrogen and oxygen atoms in total. The summed E-state index contributed by atoms with van der Waals surface area (Å²) in [6.07, 6.45) is 2.71. The minimum absolute atomic E-state index is 0.105. The third-order valence-electron chi connectivity index (χ3n) is 2.41. The standard InChI is InChI=1S/C11H12N4O2S2/c1-15-7-10(6-13-15)19(16,17)14-9-4-2-8(3-5-9)11(12)18/h2-7,14H,1H3,(H2,12,18). The highest BCUT2D eigenvalue weighted by molar-refractivity contribution is 7.92. The van der Waals surface area contributed by atoms with Gasteiger partial charge in [-0.2, -0.15) is 5.10 Å². The van der Waals surface area contributed by atoms with Gasteiger partial charge in [-0.05, 0) is 24.3 Å². The summed E-state index contributed by atoms with van der Waals surface area (Å²) in [5, 5.41) is 3.83. The second-order valence-electron chi connectivity index (χ2n) is 3.90. The van der Waals surface area contributed by atoms with Gasteiger partial charge in [-0.25, -0.2) is 8.42 Å². The van der Waals surface area contributed by atoms with Gasteiger partial charge in [-0.3, -0.25) is 9.40 Å². The summed E-state index contributed by atoms with van der Waals surface area (Å²) in [4.78, 5) is 0.370. The van der Waals surface area contributed by atoms with E-state index in [0.717, 1.165) is 0 Å². The normalized spacial score (nSPS) is 11.2. The topological polar surface area (TPSA) is 90.0 Å². The first-order chi connectivity index (χ1) is 8.88. The lowest BCUT2D eigenvalue weighted by atomic mass is 10.2. The van der Waals surface area contributed by atoms with Crippen molar-refractivity contribution in [3.63, 3.8) is 0 Å². The van der Waals surface area contributed by atoms with E-state index in [0.29, 0.717) is 11.3 Å². The van der Waals surface area contributed by atoms with Crippen LogP contribution >= 0.6 is 12.2 Å². The van der Waals surface area contributed by atoms with Crippen LogP contribution in [0.5, 0.6) is 0 Å². The molecule has 0 aliphatic heterocycles. The highest BCUT2D eigenvalue weighted by atomic mass is 32.2. The Balaban J connectivity index is 2.23. The maximum Gasteiger partial charge on any atom is 0.265 e. The molecule has 0 bridgehead atoms. The molecule has 0 aliphatic carbocycles. The van der Waals surface area contributed by atoms with E-state index < -0.39 is 10.0 Å².